The molecule has 0 aromatic carbocycles. The molecular weight excluding hydrogens is 169 g/mol. The van der Waals surface area contributed by atoms with Gasteiger partial charge in [-0.2, -0.15) is 9.90 Å². The molecular formula is H5NiO3P2+. The van der Waals surface area contributed by atoms with Crippen LogP contribution in [0.5, 0.6) is 0 Å². The molecule has 42 valence electrons. The Balaban J connectivity index is -0.0000000450. The normalized spacial score (nSPS) is 4.33. The molecule has 0 aliphatic rings. The van der Waals surface area contributed by atoms with Crippen LogP contribution in [0.3, 0.4) is 0 Å². The van der Waals surface area contributed by atoms with Crippen LogP contribution in [0.4, 0.5) is 0 Å². The molecule has 0 spiro atoms. The van der Waals surface area contributed by atoms with Gasteiger partial charge in [-0.3, -0.25) is 0 Å². The predicted octanol–water partition coefficient (Wildman–Crippen LogP) is -0.316. The summed E-state index contributed by atoms with van der Waals surface area (Å²) in [7, 11) is -2.87. The Morgan fingerprint density at radius 1 is 1.33 bits per heavy atom. The van der Waals surface area contributed by atoms with Gasteiger partial charge in [-0.05, 0) is 0 Å². The first-order valence-corrected chi connectivity index (χ1v) is 1.75. The van der Waals surface area contributed by atoms with E-state index in [1.54, 1.807) is 0 Å². The van der Waals surface area contributed by atoms with Crippen molar-refractivity contribution in [1.29, 1.82) is 0 Å². The standard InChI is InChI=1S/Ni.HO3P.H3P/c;1-4(2)3;/h;(H-,1,2,3);1H3/p+1. The molecule has 0 aliphatic carbocycles. The third kappa shape index (κ3) is 86.4. The monoisotopic (exact) mass is 173 g/mol. The van der Waals surface area contributed by atoms with Crippen molar-refractivity contribution >= 4 is 18.2 Å². The molecule has 2 N–H and O–H groups in total. The number of hydrogen-bond acceptors (Lipinski definition) is 1. The molecule has 0 fully saturated rings. The average Bonchev–Trinajstić information content (AvgIpc) is 0.811. The van der Waals surface area contributed by atoms with Crippen LogP contribution in [0.1, 0.15) is 0 Å². The molecule has 1 unspecified atom stereocenters. The molecule has 0 saturated carbocycles. The van der Waals surface area contributed by atoms with Crippen LogP contribution in [0, 0.1) is 0 Å². The van der Waals surface area contributed by atoms with Gasteiger partial charge in [0.25, 0.3) is 0 Å². The van der Waals surface area contributed by atoms with E-state index in [2.05, 4.69) is 0 Å². The van der Waals surface area contributed by atoms with E-state index in [1.807, 2.05) is 0 Å². The molecule has 0 aliphatic heterocycles. The van der Waals surface area contributed by atoms with E-state index in [4.69, 9.17) is 14.4 Å². The number of hydrogen-bond donors (Lipinski definition) is 2. The first-order chi connectivity index (χ1) is 1.73. The first kappa shape index (κ1) is 15.8. The molecule has 0 bridgehead atoms. The SMILES string of the molecule is O=[P+](O)O.P.[Ni]. The summed E-state index contributed by atoms with van der Waals surface area (Å²) >= 11 is 0. The summed E-state index contributed by atoms with van der Waals surface area (Å²) in [5.41, 5.74) is 0. The van der Waals surface area contributed by atoms with Crippen molar-refractivity contribution in [3.63, 3.8) is 0 Å². The van der Waals surface area contributed by atoms with Crippen LogP contribution in [0.2, 0.25) is 0 Å². The maximum atomic E-state index is 8.70. The van der Waals surface area contributed by atoms with E-state index in [0.717, 1.165) is 0 Å². The second kappa shape index (κ2) is 9.34. The van der Waals surface area contributed by atoms with E-state index in [9.17, 15) is 0 Å². The van der Waals surface area contributed by atoms with Crippen molar-refractivity contribution in [1.82, 2.24) is 0 Å². The maximum absolute atomic E-state index is 8.70. The van der Waals surface area contributed by atoms with Gasteiger partial charge < -0.3 is 0 Å². The molecule has 6 heteroatoms. The molecule has 0 saturated heterocycles. The van der Waals surface area contributed by atoms with E-state index in [1.165, 1.54) is 0 Å². The zero-order valence-electron chi connectivity index (χ0n) is 2.77. The second-order valence-corrected chi connectivity index (χ2v) is 0.758. The average molecular weight is 174 g/mol. The van der Waals surface area contributed by atoms with Crippen LogP contribution < -0.4 is 0 Å². The summed E-state index contributed by atoms with van der Waals surface area (Å²) in [5.74, 6) is 0. The van der Waals surface area contributed by atoms with E-state index in [0.29, 0.717) is 0 Å². The Kier molecular flexibility index (Phi) is 24.6. The van der Waals surface area contributed by atoms with Gasteiger partial charge in [0.15, 0.2) is 0 Å². The zero-order chi connectivity index (χ0) is 3.58. The predicted molar refractivity (Wildman–Crippen MR) is 23.1 cm³/mol. The molecule has 0 aromatic heterocycles. The summed E-state index contributed by atoms with van der Waals surface area (Å²) in [4.78, 5) is 14.2. The summed E-state index contributed by atoms with van der Waals surface area (Å²) in [6.07, 6.45) is 0. The van der Waals surface area contributed by atoms with Gasteiger partial charge in [0, 0.05) is 21.1 Å². The topological polar surface area (TPSA) is 57.5 Å². The Labute approximate surface area is 49.6 Å². The fraction of sp³-hybridized carbons (Fsp3) is 0. The molecule has 6 heavy (non-hydrogen) atoms. The Hall–Kier alpha value is 0.944. The molecule has 0 heterocycles. The van der Waals surface area contributed by atoms with Crippen molar-refractivity contribution in [2.45, 2.75) is 0 Å². The largest absolute Gasteiger partial charge is 0.692 e. The van der Waals surface area contributed by atoms with Gasteiger partial charge in [0.05, 0.1) is 0 Å². The van der Waals surface area contributed by atoms with Gasteiger partial charge in [0.2, 0.25) is 0 Å². The van der Waals surface area contributed by atoms with Gasteiger partial charge >= 0.3 is 8.25 Å². The minimum atomic E-state index is -2.87. The van der Waals surface area contributed by atoms with Crippen LogP contribution in [0.25, 0.3) is 0 Å². The summed E-state index contributed by atoms with van der Waals surface area (Å²) < 4.78 is 8.70. The first-order valence-electron chi connectivity index (χ1n) is 0.583. The minimum absolute atomic E-state index is 0. The van der Waals surface area contributed by atoms with Gasteiger partial charge in [-0.15, -0.1) is 9.79 Å². The van der Waals surface area contributed by atoms with E-state index in [-0.39, 0.29) is 26.4 Å². The third-order valence-corrected chi connectivity index (χ3v) is 0. The molecule has 0 rings (SSSR count). The van der Waals surface area contributed by atoms with E-state index < -0.39 is 8.25 Å². The minimum Gasteiger partial charge on any atom is -0.153 e. The summed E-state index contributed by atoms with van der Waals surface area (Å²) in [6.45, 7) is 0. The maximum Gasteiger partial charge on any atom is 0.692 e. The Morgan fingerprint density at radius 2 is 1.33 bits per heavy atom. The van der Waals surface area contributed by atoms with E-state index >= 15 is 0 Å². The zero-order valence-corrected chi connectivity index (χ0v) is 6.07. The van der Waals surface area contributed by atoms with Crippen molar-refractivity contribution in [2.24, 2.45) is 0 Å². The summed E-state index contributed by atoms with van der Waals surface area (Å²) in [5, 5.41) is 0. The van der Waals surface area contributed by atoms with Gasteiger partial charge in [0.1, 0.15) is 0 Å². The van der Waals surface area contributed by atoms with Crippen LogP contribution in [0.15, 0.2) is 0 Å². The van der Waals surface area contributed by atoms with Crippen molar-refractivity contribution in [3.8, 4) is 0 Å². The molecule has 0 amide bonds. The van der Waals surface area contributed by atoms with Gasteiger partial charge in [-0.25, -0.2) is 0 Å². The molecule has 0 radical (unpaired) electrons. The molecule has 3 nitrogen and oxygen atoms in total. The Bertz CT molecular complexity index is 31.8. The summed E-state index contributed by atoms with van der Waals surface area (Å²) in [6, 6.07) is 0. The smallest absolute Gasteiger partial charge is 0.153 e. The van der Waals surface area contributed by atoms with Crippen molar-refractivity contribution in [2.75, 3.05) is 0 Å². The molecule has 0 aromatic rings. The fourth-order valence-corrected chi connectivity index (χ4v) is 0. The van der Waals surface area contributed by atoms with Crippen molar-refractivity contribution < 1.29 is 30.8 Å². The van der Waals surface area contributed by atoms with Gasteiger partial charge in [-0.1, -0.05) is 0 Å². The van der Waals surface area contributed by atoms with Crippen molar-refractivity contribution in [3.05, 3.63) is 0 Å². The third-order valence-electron chi connectivity index (χ3n) is 0. The van der Waals surface area contributed by atoms with Crippen LogP contribution in [-0.4, -0.2) is 9.79 Å². The quantitative estimate of drug-likeness (QED) is 0.390. The second-order valence-electron chi connectivity index (χ2n) is 0.253. The fourth-order valence-electron chi connectivity index (χ4n) is 0. The van der Waals surface area contributed by atoms with Crippen LogP contribution in [-0.2, 0) is 21.1 Å². The number of rotatable bonds is 0. The Morgan fingerprint density at radius 3 is 1.33 bits per heavy atom. The molecule has 1 atom stereocenters. The van der Waals surface area contributed by atoms with Crippen LogP contribution >= 0.6 is 18.2 Å².